The van der Waals surface area contributed by atoms with E-state index in [1.165, 1.54) is 7.11 Å². The molecule has 0 aliphatic rings. The van der Waals surface area contributed by atoms with Crippen LogP contribution in [-0.4, -0.2) is 54.6 Å². The van der Waals surface area contributed by atoms with Crippen molar-refractivity contribution in [1.82, 2.24) is 10.3 Å². The molecule has 0 aliphatic carbocycles. The number of aliphatic hydroxyl groups excluding tert-OH is 1. The van der Waals surface area contributed by atoms with Gasteiger partial charge in [0, 0.05) is 16.9 Å². The molecule has 0 saturated heterocycles. The van der Waals surface area contributed by atoms with Gasteiger partial charge in [0.1, 0.15) is 19.0 Å². The molecule has 186 valence electrons. The molecule has 0 atom stereocenters. The van der Waals surface area contributed by atoms with Gasteiger partial charge in [0.2, 0.25) is 0 Å². The lowest BCUT2D eigenvalue weighted by Crippen LogP contribution is -2.47. The lowest BCUT2D eigenvalue weighted by molar-refractivity contribution is -0.191. The van der Waals surface area contributed by atoms with Gasteiger partial charge in [-0.05, 0) is 57.2 Å². The topological polar surface area (TPSA) is 150 Å². The number of hydrogen-bond donors (Lipinski definition) is 3. The van der Waals surface area contributed by atoms with E-state index < -0.39 is 5.54 Å². The van der Waals surface area contributed by atoms with Crippen LogP contribution in [0.15, 0.2) is 42.5 Å². The van der Waals surface area contributed by atoms with Crippen molar-refractivity contribution in [1.29, 1.82) is 0 Å². The predicted molar refractivity (Wildman–Crippen MR) is 129 cm³/mol. The highest BCUT2D eigenvalue weighted by molar-refractivity contribution is 5.96. The molecule has 0 radical (unpaired) electrons. The maximum Gasteiger partial charge on any atom is 0.373 e. The number of carbonyl (C=O) groups is 1. The molecular weight excluding hydrogens is 454 g/mol. The molecule has 3 rings (SSSR count). The molecular formula is C25H29N3O7. The summed E-state index contributed by atoms with van der Waals surface area (Å²) in [5, 5.41) is 12.7. The number of pyridine rings is 1. The van der Waals surface area contributed by atoms with Crippen LogP contribution in [0.2, 0.25) is 0 Å². The number of nitrogens with zero attached hydrogens (tertiary/aromatic N) is 1. The molecule has 3 aromatic rings. The Labute approximate surface area is 203 Å². The molecule has 0 fully saturated rings. The van der Waals surface area contributed by atoms with Crippen LogP contribution < -0.4 is 25.3 Å². The Morgan fingerprint density at radius 3 is 2.49 bits per heavy atom. The molecule has 1 amide bonds. The van der Waals surface area contributed by atoms with Gasteiger partial charge in [-0.25, -0.2) is 0 Å². The molecule has 0 aliphatic heterocycles. The Morgan fingerprint density at radius 1 is 1.11 bits per heavy atom. The van der Waals surface area contributed by atoms with E-state index in [0.717, 1.165) is 16.6 Å². The van der Waals surface area contributed by atoms with Crippen molar-refractivity contribution >= 4 is 28.6 Å². The third-order valence-corrected chi connectivity index (χ3v) is 4.77. The molecule has 1 aromatic heterocycles. The van der Waals surface area contributed by atoms with E-state index in [2.05, 4.69) is 10.3 Å². The molecule has 4 N–H and O–H groups in total. The quantitative estimate of drug-likeness (QED) is 0.417. The molecule has 0 saturated carbocycles. The van der Waals surface area contributed by atoms with Crippen LogP contribution in [0.25, 0.3) is 10.9 Å². The lowest BCUT2D eigenvalue weighted by Gasteiger charge is -2.27. The van der Waals surface area contributed by atoms with Crippen molar-refractivity contribution < 1.29 is 33.7 Å². The Bertz CT molecular complexity index is 1210. The Kier molecular flexibility index (Phi) is 9.57. The first kappa shape index (κ1) is 27.1. The number of benzene rings is 2. The summed E-state index contributed by atoms with van der Waals surface area (Å²) in [5.74, 6) is 1.20. The number of nitrogens with two attached hydrogens (primary N) is 1. The number of anilines is 1. The summed E-state index contributed by atoms with van der Waals surface area (Å²) < 4.78 is 16.8. The molecule has 0 bridgehead atoms. The first-order chi connectivity index (χ1) is 16.6. The number of aryl methyl sites for hydroxylation is 1. The van der Waals surface area contributed by atoms with E-state index in [-0.39, 0.29) is 31.9 Å². The van der Waals surface area contributed by atoms with Crippen LogP contribution in [0.5, 0.6) is 17.2 Å². The van der Waals surface area contributed by atoms with E-state index in [1.54, 1.807) is 18.2 Å². The number of carbonyl (C=O) groups excluding carboxylic acids is 3. The van der Waals surface area contributed by atoms with Crippen LogP contribution in [0, 0.1) is 6.92 Å². The third-order valence-electron chi connectivity index (χ3n) is 4.77. The fourth-order valence-corrected chi connectivity index (χ4v) is 3.30. The van der Waals surface area contributed by atoms with Crippen LogP contribution in [0.3, 0.4) is 0 Å². The normalized spacial score (nSPS) is 10.5. The maximum atomic E-state index is 12.8. The number of amides is 1. The van der Waals surface area contributed by atoms with Gasteiger partial charge < -0.3 is 30.4 Å². The van der Waals surface area contributed by atoms with Gasteiger partial charge in [0.15, 0.2) is 11.5 Å². The number of nitrogen functional groups attached to an aromatic ring is 1. The number of hydrogen-bond acceptors (Lipinski definition) is 9. The summed E-state index contributed by atoms with van der Waals surface area (Å²) in [6, 6.07) is 12.3. The van der Waals surface area contributed by atoms with Gasteiger partial charge in [0.05, 0.1) is 30.2 Å². The van der Waals surface area contributed by atoms with E-state index in [1.807, 2.05) is 45.0 Å². The lowest BCUT2D eigenvalue weighted by atomic mass is 10.1. The highest BCUT2D eigenvalue weighted by Crippen LogP contribution is 2.31. The summed E-state index contributed by atoms with van der Waals surface area (Å²) in [7, 11) is 1.49. The SMILES string of the molecule is COc1cc(C(=O)NC(C)(C)COc2cccc3nc(C)cc(N)c23)ccc1OCCO.O=C=O. The molecule has 0 unspecified atom stereocenters. The zero-order valence-electron chi connectivity index (χ0n) is 20.1. The van der Waals surface area contributed by atoms with E-state index >= 15 is 0 Å². The standard InChI is InChI=1S/C24H29N3O5.CO2/c1-15-12-17(25)22-18(26-15)6-5-7-20(22)32-14-24(2,3)27-23(29)16-8-9-19(31-11-10-28)21(13-16)30-4;2-1-3/h5-9,12-13,28H,10-11,14H2,1-4H3,(H2,25,26)(H,27,29);. The monoisotopic (exact) mass is 483 g/mol. The van der Waals surface area contributed by atoms with Gasteiger partial charge in [-0.2, -0.15) is 9.59 Å². The van der Waals surface area contributed by atoms with Crippen molar-refractivity contribution in [2.24, 2.45) is 0 Å². The Morgan fingerprint density at radius 2 is 1.83 bits per heavy atom. The van der Waals surface area contributed by atoms with E-state index in [4.69, 9.17) is 34.6 Å². The second-order valence-corrected chi connectivity index (χ2v) is 8.15. The first-order valence-electron chi connectivity index (χ1n) is 10.7. The molecule has 35 heavy (non-hydrogen) atoms. The number of rotatable bonds is 9. The summed E-state index contributed by atoms with van der Waals surface area (Å²) in [6.07, 6.45) is 0.250. The fourth-order valence-electron chi connectivity index (χ4n) is 3.30. The van der Waals surface area contributed by atoms with Crippen LogP contribution >= 0.6 is 0 Å². The average Bonchev–Trinajstić information content (AvgIpc) is 2.81. The van der Waals surface area contributed by atoms with Crippen molar-refractivity contribution in [3.8, 4) is 17.2 Å². The third kappa shape index (κ3) is 7.43. The number of aromatic nitrogens is 1. The number of methoxy groups -OCH3 is 1. The second kappa shape index (κ2) is 12.4. The number of ether oxygens (including phenoxy) is 3. The van der Waals surface area contributed by atoms with Gasteiger partial charge >= 0.3 is 6.15 Å². The van der Waals surface area contributed by atoms with Crippen molar-refractivity contribution in [3.63, 3.8) is 0 Å². The highest BCUT2D eigenvalue weighted by Gasteiger charge is 2.24. The number of nitrogens with one attached hydrogen (secondary N) is 1. The Balaban J connectivity index is 0.00000137. The van der Waals surface area contributed by atoms with Gasteiger partial charge in [-0.1, -0.05) is 6.07 Å². The van der Waals surface area contributed by atoms with Crippen molar-refractivity contribution in [2.45, 2.75) is 26.3 Å². The van der Waals surface area contributed by atoms with Crippen LogP contribution in [-0.2, 0) is 9.59 Å². The summed E-state index contributed by atoms with van der Waals surface area (Å²) >= 11 is 0. The number of aliphatic hydroxyl groups is 1. The maximum absolute atomic E-state index is 12.8. The summed E-state index contributed by atoms with van der Waals surface area (Å²) in [5.41, 5.74) is 8.14. The minimum atomic E-state index is -0.675. The number of fused-ring (bicyclic) bond motifs is 1. The first-order valence-corrected chi connectivity index (χ1v) is 10.7. The fraction of sp³-hybridized carbons (Fsp3) is 0.320. The molecule has 10 heteroatoms. The molecule has 10 nitrogen and oxygen atoms in total. The minimum Gasteiger partial charge on any atom is -0.493 e. The molecule has 0 spiro atoms. The zero-order valence-corrected chi connectivity index (χ0v) is 20.1. The largest absolute Gasteiger partial charge is 0.493 e. The Hall–Kier alpha value is -4.14. The highest BCUT2D eigenvalue weighted by atomic mass is 16.5. The van der Waals surface area contributed by atoms with Crippen LogP contribution in [0.4, 0.5) is 5.69 Å². The van der Waals surface area contributed by atoms with E-state index in [9.17, 15) is 4.79 Å². The van der Waals surface area contributed by atoms with E-state index in [0.29, 0.717) is 28.5 Å². The predicted octanol–water partition coefficient (Wildman–Crippen LogP) is 2.51. The molecule has 1 heterocycles. The van der Waals surface area contributed by atoms with Gasteiger partial charge in [-0.15, -0.1) is 0 Å². The minimum absolute atomic E-state index is 0.113. The average molecular weight is 484 g/mol. The van der Waals surface area contributed by atoms with Crippen molar-refractivity contribution in [3.05, 3.63) is 53.7 Å². The van der Waals surface area contributed by atoms with Gasteiger partial charge in [-0.3, -0.25) is 9.78 Å². The second-order valence-electron chi connectivity index (χ2n) is 8.15. The molecule has 2 aromatic carbocycles. The zero-order chi connectivity index (χ0) is 26.0. The smallest absolute Gasteiger partial charge is 0.373 e. The van der Waals surface area contributed by atoms with Gasteiger partial charge in [0.25, 0.3) is 5.91 Å². The summed E-state index contributed by atoms with van der Waals surface area (Å²) in [6.45, 7) is 5.88. The summed E-state index contributed by atoms with van der Waals surface area (Å²) in [4.78, 5) is 33.6. The van der Waals surface area contributed by atoms with Crippen LogP contribution in [0.1, 0.15) is 29.9 Å². The van der Waals surface area contributed by atoms with Crippen molar-refractivity contribution in [2.75, 3.05) is 32.7 Å².